The molecule has 1 amide bonds. The van der Waals surface area contributed by atoms with Crippen molar-refractivity contribution in [2.45, 2.75) is 33.0 Å². The van der Waals surface area contributed by atoms with Gasteiger partial charge in [0.25, 0.3) is 0 Å². The summed E-state index contributed by atoms with van der Waals surface area (Å²) in [7, 11) is 0. The summed E-state index contributed by atoms with van der Waals surface area (Å²) in [5.74, 6) is -0.0726. The first-order valence-electron chi connectivity index (χ1n) is 6.25. The van der Waals surface area contributed by atoms with E-state index in [4.69, 9.17) is 23.2 Å². The number of nitrogens with zero attached hydrogens (tertiary/aromatic N) is 4. The van der Waals surface area contributed by atoms with Crippen LogP contribution in [0.15, 0.2) is 18.6 Å². The molecule has 2 aromatic heterocycles. The van der Waals surface area contributed by atoms with E-state index in [0.29, 0.717) is 36.1 Å². The second-order valence-electron chi connectivity index (χ2n) is 4.20. The van der Waals surface area contributed by atoms with E-state index < -0.39 is 0 Å². The summed E-state index contributed by atoms with van der Waals surface area (Å²) in [6.45, 7) is 3.53. The predicted octanol–water partition coefficient (Wildman–Crippen LogP) is 2.11. The van der Waals surface area contributed by atoms with Gasteiger partial charge in [-0.2, -0.15) is 10.2 Å². The Kier molecular flexibility index (Phi) is 5.03. The van der Waals surface area contributed by atoms with Gasteiger partial charge >= 0.3 is 0 Å². The van der Waals surface area contributed by atoms with Crippen molar-refractivity contribution in [2.75, 3.05) is 0 Å². The number of amides is 1. The molecule has 20 heavy (non-hydrogen) atoms. The third kappa shape index (κ3) is 3.74. The molecule has 0 aliphatic carbocycles. The molecular weight excluding hydrogens is 301 g/mol. The van der Waals surface area contributed by atoms with Gasteiger partial charge in [0.15, 0.2) is 0 Å². The van der Waals surface area contributed by atoms with Crippen LogP contribution in [-0.2, 0) is 24.4 Å². The highest BCUT2D eigenvalue weighted by Crippen LogP contribution is 2.14. The molecule has 0 radical (unpaired) electrons. The average Bonchev–Trinajstić information content (AvgIpc) is 3.00. The molecule has 0 saturated heterocycles. The number of aromatic nitrogens is 4. The maximum absolute atomic E-state index is 11.8. The van der Waals surface area contributed by atoms with Crippen molar-refractivity contribution < 1.29 is 4.79 Å². The Morgan fingerprint density at radius 3 is 2.80 bits per heavy atom. The minimum Gasteiger partial charge on any atom is -0.350 e. The Labute approximate surface area is 126 Å². The second kappa shape index (κ2) is 6.76. The van der Waals surface area contributed by atoms with Gasteiger partial charge in [-0.1, -0.05) is 23.2 Å². The predicted molar refractivity (Wildman–Crippen MR) is 76.6 cm³/mol. The molecule has 0 unspecified atom stereocenters. The molecule has 0 aliphatic heterocycles. The normalized spacial score (nSPS) is 10.8. The second-order valence-corrected chi connectivity index (χ2v) is 5.05. The number of hydrogen-bond acceptors (Lipinski definition) is 3. The smallest absolute Gasteiger partial charge is 0.222 e. The lowest BCUT2D eigenvalue weighted by Gasteiger charge is -2.08. The van der Waals surface area contributed by atoms with Crippen LogP contribution in [0.5, 0.6) is 0 Å². The highest BCUT2D eigenvalue weighted by molar-refractivity contribution is 6.31. The Morgan fingerprint density at radius 2 is 2.15 bits per heavy atom. The number of hydrogen-bond donors (Lipinski definition) is 1. The van der Waals surface area contributed by atoms with E-state index in [1.54, 1.807) is 28.0 Å². The van der Waals surface area contributed by atoms with Crippen LogP contribution in [0.2, 0.25) is 10.0 Å². The maximum Gasteiger partial charge on any atom is 0.222 e. The molecule has 2 heterocycles. The average molecular weight is 316 g/mol. The number of rotatable bonds is 6. The van der Waals surface area contributed by atoms with E-state index in [0.717, 1.165) is 5.69 Å². The van der Waals surface area contributed by atoms with Crippen LogP contribution in [-0.4, -0.2) is 25.5 Å². The molecule has 0 atom stereocenters. The molecule has 6 nitrogen and oxygen atoms in total. The standard InChI is InChI=1S/C12H15Cl2N5O/c1-2-19-11(10(14)6-17-19)7-15-12(20)3-4-18-8-9(13)5-16-18/h5-6,8H,2-4,7H2,1H3,(H,15,20). The minimum absolute atomic E-state index is 0.0726. The summed E-state index contributed by atoms with van der Waals surface area (Å²) < 4.78 is 3.39. The van der Waals surface area contributed by atoms with Crippen LogP contribution in [0, 0.1) is 0 Å². The SMILES string of the molecule is CCn1ncc(Cl)c1CNC(=O)CCn1cc(Cl)cn1. The van der Waals surface area contributed by atoms with Gasteiger partial charge in [-0.05, 0) is 6.92 Å². The zero-order valence-electron chi connectivity index (χ0n) is 11.0. The number of nitrogens with one attached hydrogen (secondary N) is 1. The number of carbonyl (C=O) groups is 1. The third-order valence-corrected chi connectivity index (χ3v) is 3.33. The molecule has 1 N–H and O–H groups in total. The summed E-state index contributed by atoms with van der Waals surface area (Å²) in [5.41, 5.74) is 0.810. The first kappa shape index (κ1) is 14.9. The monoisotopic (exact) mass is 315 g/mol. The summed E-state index contributed by atoms with van der Waals surface area (Å²) in [4.78, 5) is 11.8. The molecule has 0 bridgehead atoms. The summed E-state index contributed by atoms with van der Waals surface area (Å²) in [6, 6.07) is 0. The summed E-state index contributed by atoms with van der Waals surface area (Å²) in [5, 5.41) is 12.1. The fourth-order valence-corrected chi connectivity index (χ4v) is 2.15. The van der Waals surface area contributed by atoms with E-state index in [1.807, 2.05) is 6.92 Å². The largest absolute Gasteiger partial charge is 0.350 e. The number of halogens is 2. The van der Waals surface area contributed by atoms with E-state index in [1.165, 1.54) is 0 Å². The molecule has 0 saturated carbocycles. The van der Waals surface area contributed by atoms with Crippen LogP contribution in [0.25, 0.3) is 0 Å². The Morgan fingerprint density at radius 1 is 1.35 bits per heavy atom. The van der Waals surface area contributed by atoms with Crippen molar-refractivity contribution in [3.05, 3.63) is 34.3 Å². The lowest BCUT2D eigenvalue weighted by molar-refractivity contribution is -0.121. The molecule has 108 valence electrons. The minimum atomic E-state index is -0.0726. The van der Waals surface area contributed by atoms with E-state index in [9.17, 15) is 4.79 Å². The molecule has 2 rings (SSSR count). The van der Waals surface area contributed by atoms with Crippen molar-refractivity contribution in [1.82, 2.24) is 24.9 Å². The van der Waals surface area contributed by atoms with Crippen molar-refractivity contribution in [3.8, 4) is 0 Å². The summed E-state index contributed by atoms with van der Waals surface area (Å²) in [6.07, 6.45) is 5.13. The van der Waals surface area contributed by atoms with Gasteiger partial charge in [0, 0.05) is 25.7 Å². The molecular formula is C12H15Cl2N5O. The van der Waals surface area contributed by atoms with Gasteiger partial charge < -0.3 is 5.32 Å². The van der Waals surface area contributed by atoms with Gasteiger partial charge in [-0.15, -0.1) is 0 Å². The van der Waals surface area contributed by atoms with Gasteiger partial charge in [0.2, 0.25) is 5.91 Å². The van der Waals surface area contributed by atoms with Crippen LogP contribution < -0.4 is 5.32 Å². The Balaban J connectivity index is 1.81. The first-order valence-corrected chi connectivity index (χ1v) is 7.00. The van der Waals surface area contributed by atoms with E-state index in [-0.39, 0.29) is 5.91 Å². The fourth-order valence-electron chi connectivity index (χ4n) is 1.78. The number of aryl methyl sites for hydroxylation is 2. The Bertz CT molecular complexity index is 592. The molecule has 0 fully saturated rings. The van der Waals surface area contributed by atoms with Crippen molar-refractivity contribution in [3.63, 3.8) is 0 Å². The highest BCUT2D eigenvalue weighted by atomic mass is 35.5. The van der Waals surface area contributed by atoms with E-state index >= 15 is 0 Å². The Hall–Kier alpha value is -1.53. The van der Waals surface area contributed by atoms with Crippen molar-refractivity contribution >= 4 is 29.1 Å². The fraction of sp³-hybridized carbons (Fsp3) is 0.417. The molecule has 0 aromatic carbocycles. The van der Waals surface area contributed by atoms with Crippen LogP contribution in [0.4, 0.5) is 0 Å². The lowest BCUT2D eigenvalue weighted by Crippen LogP contribution is -2.25. The van der Waals surface area contributed by atoms with Gasteiger partial charge in [-0.25, -0.2) is 0 Å². The zero-order chi connectivity index (χ0) is 14.5. The van der Waals surface area contributed by atoms with Crippen molar-refractivity contribution in [1.29, 1.82) is 0 Å². The van der Waals surface area contributed by atoms with Crippen LogP contribution >= 0.6 is 23.2 Å². The van der Waals surface area contributed by atoms with E-state index in [2.05, 4.69) is 15.5 Å². The molecule has 0 aliphatic rings. The van der Waals surface area contributed by atoms with Crippen LogP contribution in [0.1, 0.15) is 19.0 Å². The van der Waals surface area contributed by atoms with Gasteiger partial charge in [0.1, 0.15) is 0 Å². The van der Waals surface area contributed by atoms with Gasteiger partial charge in [0.05, 0.1) is 34.7 Å². The lowest BCUT2D eigenvalue weighted by atomic mass is 10.3. The third-order valence-electron chi connectivity index (χ3n) is 2.82. The topological polar surface area (TPSA) is 64.7 Å². The molecule has 8 heteroatoms. The first-order chi connectivity index (χ1) is 9.60. The quantitative estimate of drug-likeness (QED) is 0.888. The molecule has 2 aromatic rings. The highest BCUT2D eigenvalue weighted by Gasteiger charge is 2.09. The van der Waals surface area contributed by atoms with Crippen LogP contribution in [0.3, 0.4) is 0 Å². The molecule has 0 spiro atoms. The maximum atomic E-state index is 11.8. The zero-order valence-corrected chi connectivity index (χ0v) is 12.5. The van der Waals surface area contributed by atoms with Crippen molar-refractivity contribution in [2.24, 2.45) is 0 Å². The summed E-state index contributed by atoms with van der Waals surface area (Å²) >= 11 is 11.8. The number of carbonyl (C=O) groups excluding carboxylic acids is 1. The van der Waals surface area contributed by atoms with Gasteiger partial charge in [-0.3, -0.25) is 14.2 Å².